The maximum atomic E-state index is 12.4. The van der Waals surface area contributed by atoms with Crippen LogP contribution in [-0.4, -0.2) is 11.7 Å². The van der Waals surface area contributed by atoms with Crippen LogP contribution in [-0.2, 0) is 37.3 Å². The van der Waals surface area contributed by atoms with Gasteiger partial charge in [0.25, 0.3) is 0 Å². The molecular weight excluding hydrogens is 360 g/mol. The molecule has 0 saturated heterocycles. The zero-order chi connectivity index (χ0) is 17.9. The molecule has 27 heavy (non-hydrogen) atoms. The molecule has 0 spiro atoms. The van der Waals surface area contributed by atoms with E-state index in [0.717, 1.165) is 37.1 Å². The molecule has 1 aliphatic heterocycles. The van der Waals surface area contributed by atoms with Gasteiger partial charge in [0.1, 0.15) is 0 Å². The van der Waals surface area contributed by atoms with Gasteiger partial charge in [-0.25, -0.2) is 0 Å². The van der Waals surface area contributed by atoms with Crippen LogP contribution in [0.1, 0.15) is 57.4 Å². The molecule has 0 aromatic heterocycles. The quantitative estimate of drug-likeness (QED) is 0.749. The fourth-order valence-electron chi connectivity index (χ4n) is 3.86. The zero-order valence-corrected chi connectivity index (χ0v) is 16.2. The molecule has 1 heterocycles. The van der Waals surface area contributed by atoms with Gasteiger partial charge >= 0.3 is 0 Å². The highest BCUT2D eigenvalue weighted by Gasteiger charge is 2.15. The Morgan fingerprint density at radius 3 is 2.56 bits per heavy atom. The monoisotopic (exact) mass is 384 g/mol. The van der Waals surface area contributed by atoms with Gasteiger partial charge in [-0.2, -0.15) is 0 Å². The molecule has 2 aromatic rings. The fourth-order valence-corrected chi connectivity index (χ4v) is 3.86. The van der Waals surface area contributed by atoms with Crippen LogP contribution in [0.2, 0.25) is 0 Å². The minimum Gasteiger partial charge on any atom is -0.352 e. The van der Waals surface area contributed by atoms with E-state index in [-0.39, 0.29) is 36.9 Å². The van der Waals surface area contributed by atoms with Crippen molar-refractivity contribution in [3.63, 3.8) is 0 Å². The van der Waals surface area contributed by atoms with E-state index in [1.54, 1.807) is 0 Å². The number of aryl methyl sites for hydroxylation is 2. The number of nitrogens with one attached hydrogen (secondary N) is 2. The van der Waals surface area contributed by atoms with Gasteiger partial charge in [0, 0.05) is 38.0 Å². The van der Waals surface area contributed by atoms with Crippen LogP contribution in [0.15, 0.2) is 36.4 Å². The van der Waals surface area contributed by atoms with E-state index >= 15 is 0 Å². The highest BCUT2D eigenvalue weighted by Crippen LogP contribution is 2.23. The molecule has 142 valence electrons. The smallest absolute Gasteiger partial charge is 0.220 e. The van der Waals surface area contributed by atoms with E-state index in [9.17, 15) is 9.59 Å². The minimum absolute atomic E-state index is 0. The summed E-state index contributed by atoms with van der Waals surface area (Å²) in [6.07, 6.45) is 3.85. The number of hydrogen-bond donors (Lipinski definition) is 2. The Morgan fingerprint density at radius 1 is 0.889 bits per heavy atom. The number of fused-ring (bicyclic) bond motifs is 2. The van der Waals surface area contributed by atoms with Gasteiger partial charge in [-0.15, -0.1) is 12.4 Å². The van der Waals surface area contributed by atoms with E-state index in [2.05, 4.69) is 34.9 Å². The summed E-state index contributed by atoms with van der Waals surface area (Å²) in [5.74, 6) is -0.0170. The van der Waals surface area contributed by atoms with E-state index in [4.69, 9.17) is 0 Å². The molecule has 0 bridgehead atoms. The summed E-state index contributed by atoms with van der Waals surface area (Å²) < 4.78 is 0. The summed E-state index contributed by atoms with van der Waals surface area (Å²) in [4.78, 5) is 24.5. The second-order valence-corrected chi connectivity index (χ2v) is 7.24. The summed E-state index contributed by atoms with van der Waals surface area (Å²) in [7, 11) is 0. The van der Waals surface area contributed by atoms with Crippen LogP contribution < -0.4 is 10.6 Å². The fraction of sp³-hybridized carbons (Fsp3) is 0.364. The van der Waals surface area contributed by atoms with Crippen molar-refractivity contribution in [1.29, 1.82) is 0 Å². The van der Waals surface area contributed by atoms with Gasteiger partial charge < -0.3 is 10.6 Å². The molecule has 1 aliphatic carbocycles. The van der Waals surface area contributed by atoms with E-state index < -0.39 is 0 Å². The average molecular weight is 385 g/mol. The number of carbonyl (C=O) groups excluding carboxylic acids is 2. The lowest BCUT2D eigenvalue weighted by Gasteiger charge is -2.08. The molecule has 0 atom stereocenters. The molecule has 2 aliphatic rings. The Bertz CT molecular complexity index is 863. The summed E-state index contributed by atoms with van der Waals surface area (Å²) in [5.41, 5.74) is 7.15. The van der Waals surface area contributed by atoms with E-state index in [1.165, 1.54) is 28.7 Å². The second-order valence-electron chi connectivity index (χ2n) is 7.24. The number of amides is 1. The lowest BCUT2D eigenvalue weighted by molar-refractivity contribution is -0.121. The van der Waals surface area contributed by atoms with Gasteiger partial charge in [0.05, 0.1) is 0 Å². The van der Waals surface area contributed by atoms with Gasteiger partial charge in [-0.05, 0) is 53.1 Å². The zero-order valence-electron chi connectivity index (χ0n) is 15.3. The lowest BCUT2D eigenvalue weighted by Crippen LogP contribution is -2.23. The largest absolute Gasteiger partial charge is 0.352 e. The Hall–Kier alpha value is -2.17. The molecule has 0 saturated carbocycles. The normalized spacial score (nSPS) is 14.2. The molecule has 2 aromatic carbocycles. The highest BCUT2D eigenvalue weighted by atomic mass is 35.5. The van der Waals surface area contributed by atoms with Gasteiger partial charge in [0.15, 0.2) is 5.78 Å². The van der Waals surface area contributed by atoms with Crippen molar-refractivity contribution in [2.24, 2.45) is 0 Å². The second kappa shape index (κ2) is 8.68. The first kappa shape index (κ1) is 19.6. The molecular formula is C22H25ClN2O2. The lowest BCUT2D eigenvalue weighted by atomic mass is 10.0. The number of Topliss-reactive ketones (excluding diaryl/α,β-unsaturated/α-hetero) is 1. The summed E-state index contributed by atoms with van der Waals surface area (Å²) in [6.45, 7) is 2.33. The number of carbonyl (C=O) groups is 2. The van der Waals surface area contributed by atoms with Crippen molar-refractivity contribution in [3.8, 4) is 0 Å². The Balaban J connectivity index is 0.00000210. The minimum atomic E-state index is -0.0712. The molecule has 0 radical (unpaired) electrons. The van der Waals surface area contributed by atoms with Crippen molar-refractivity contribution < 1.29 is 9.59 Å². The van der Waals surface area contributed by atoms with Crippen molar-refractivity contribution >= 4 is 24.1 Å². The predicted molar refractivity (Wildman–Crippen MR) is 108 cm³/mol. The number of hydrogen-bond acceptors (Lipinski definition) is 3. The predicted octanol–water partition coefficient (Wildman–Crippen LogP) is 3.48. The first-order valence-corrected chi connectivity index (χ1v) is 9.42. The van der Waals surface area contributed by atoms with Crippen LogP contribution in [0, 0.1) is 0 Å². The molecule has 0 fully saturated rings. The van der Waals surface area contributed by atoms with Crippen LogP contribution in [0.5, 0.6) is 0 Å². The Kier molecular flexibility index (Phi) is 6.30. The topological polar surface area (TPSA) is 58.2 Å². The first-order chi connectivity index (χ1) is 12.7. The van der Waals surface area contributed by atoms with Crippen molar-refractivity contribution in [2.75, 3.05) is 0 Å². The van der Waals surface area contributed by atoms with Crippen molar-refractivity contribution in [1.82, 2.24) is 10.6 Å². The number of benzene rings is 2. The molecule has 5 heteroatoms. The Morgan fingerprint density at radius 2 is 1.67 bits per heavy atom. The molecule has 0 unspecified atom stereocenters. The van der Waals surface area contributed by atoms with Crippen LogP contribution in [0.3, 0.4) is 0 Å². The third kappa shape index (κ3) is 4.57. The van der Waals surface area contributed by atoms with Crippen molar-refractivity contribution in [2.45, 2.75) is 51.7 Å². The summed E-state index contributed by atoms with van der Waals surface area (Å²) >= 11 is 0. The van der Waals surface area contributed by atoms with Gasteiger partial charge in [0.2, 0.25) is 5.91 Å². The van der Waals surface area contributed by atoms with Crippen LogP contribution >= 0.6 is 12.4 Å². The first-order valence-electron chi connectivity index (χ1n) is 9.42. The average Bonchev–Trinajstić information content (AvgIpc) is 3.32. The summed E-state index contributed by atoms with van der Waals surface area (Å²) in [6, 6.07) is 12.3. The van der Waals surface area contributed by atoms with Gasteiger partial charge in [-0.1, -0.05) is 30.3 Å². The van der Waals surface area contributed by atoms with Crippen LogP contribution in [0.4, 0.5) is 0 Å². The van der Waals surface area contributed by atoms with E-state index in [0.29, 0.717) is 6.54 Å². The highest BCUT2D eigenvalue weighted by molar-refractivity contribution is 5.98. The number of rotatable bonds is 6. The van der Waals surface area contributed by atoms with Crippen molar-refractivity contribution in [3.05, 3.63) is 69.8 Å². The van der Waals surface area contributed by atoms with E-state index in [1.807, 2.05) is 12.1 Å². The SMILES string of the molecule is Cl.O=C(CCC(=O)c1ccc2c(c1)CCC2)NCc1ccc2c(c1)CNC2. The molecule has 2 N–H and O–H groups in total. The standard InChI is InChI=1S/C22H24N2O2.ClH/c25-21(18-7-6-16-2-1-3-17(16)11-18)8-9-22(26)24-12-15-4-5-19-13-23-14-20(19)10-15;/h4-7,10-11,23H,1-3,8-9,12-14H2,(H,24,26);1H. The third-order valence-corrected chi connectivity index (χ3v) is 5.39. The molecule has 1 amide bonds. The Labute approximate surface area is 166 Å². The summed E-state index contributed by atoms with van der Waals surface area (Å²) in [5, 5.41) is 6.25. The number of ketones is 1. The number of halogens is 1. The third-order valence-electron chi connectivity index (χ3n) is 5.39. The maximum absolute atomic E-state index is 12.4. The molecule has 4 rings (SSSR count). The van der Waals surface area contributed by atoms with Crippen LogP contribution in [0.25, 0.3) is 0 Å². The molecule has 4 nitrogen and oxygen atoms in total. The van der Waals surface area contributed by atoms with Gasteiger partial charge in [-0.3, -0.25) is 9.59 Å². The maximum Gasteiger partial charge on any atom is 0.220 e.